The zero-order valence-electron chi connectivity index (χ0n) is 14.8. The number of carbonyl (C=O) groups is 2. The molecule has 1 N–H and O–H groups in total. The number of benzene rings is 1. The van der Waals surface area contributed by atoms with Crippen LogP contribution in [0.2, 0.25) is 0 Å². The van der Waals surface area contributed by atoms with Crippen LogP contribution in [0.4, 0.5) is 0 Å². The number of hydrogen-bond acceptors (Lipinski definition) is 6. The maximum Gasteiger partial charge on any atom is 0.348 e. The number of nitrogens with zero attached hydrogens (tertiary/aromatic N) is 3. The monoisotopic (exact) mass is 359 g/mol. The molecule has 1 saturated heterocycles. The molecule has 1 aromatic heterocycles. The molecule has 0 unspecified atom stereocenters. The first-order valence-corrected chi connectivity index (χ1v) is 8.44. The highest BCUT2D eigenvalue weighted by Gasteiger charge is 2.45. The Kier molecular flexibility index (Phi) is 4.92. The highest BCUT2D eigenvalue weighted by molar-refractivity contribution is 5.81. The summed E-state index contributed by atoms with van der Waals surface area (Å²) < 4.78 is 10.4. The van der Waals surface area contributed by atoms with Crippen molar-refractivity contribution >= 4 is 11.9 Å². The average Bonchev–Trinajstić information content (AvgIpc) is 3.02. The molecule has 1 aliphatic heterocycles. The van der Waals surface area contributed by atoms with Crippen molar-refractivity contribution < 1.29 is 24.1 Å². The van der Waals surface area contributed by atoms with E-state index in [0.29, 0.717) is 30.2 Å². The lowest BCUT2D eigenvalue weighted by Crippen LogP contribution is -2.54. The average molecular weight is 359 g/mol. The number of ether oxygens (including phenoxy) is 1. The summed E-state index contributed by atoms with van der Waals surface area (Å²) in [5, 5.41) is 17.1. The van der Waals surface area contributed by atoms with Crippen molar-refractivity contribution in [3.05, 3.63) is 41.2 Å². The van der Waals surface area contributed by atoms with E-state index in [2.05, 4.69) is 14.9 Å². The summed E-state index contributed by atoms with van der Waals surface area (Å²) in [5.74, 6) is -0.623. The molecule has 1 fully saturated rings. The molecule has 0 radical (unpaired) electrons. The van der Waals surface area contributed by atoms with Crippen molar-refractivity contribution in [2.45, 2.75) is 38.7 Å². The molecule has 0 spiro atoms. The Labute approximate surface area is 150 Å². The molecule has 2 aromatic rings. The Balaban J connectivity index is 1.65. The van der Waals surface area contributed by atoms with E-state index in [9.17, 15) is 14.7 Å². The molecule has 3 rings (SSSR count). The minimum Gasteiger partial charge on any atom is -0.478 e. The van der Waals surface area contributed by atoms with E-state index in [-0.39, 0.29) is 25.2 Å². The van der Waals surface area contributed by atoms with Crippen molar-refractivity contribution in [3.63, 3.8) is 0 Å². The summed E-state index contributed by atoms with van der Waals surface area (Å²) in [6, 6.07) is 7.27. The lowest BCUT2D eigenvalue weighted by molar-refractivity contribution is -0.161. The van der Waals surface area contributed by atoms with Crippen LogP contribution in [0.3, 0.4) is 0 Å². The fraction of sp³-hybridized carbons (Fsp3) is 0.444. The summed E-state index contributed by atoms with van der Waals surface area (Å²) in [5.41, 5.74) is 0.830. The van der Waals surface area contributed by atoms with Crippen LogP contribution < -0.4 is 4.74 Å². The molecule has 0 aliphatic carbocycles. The SMILES string of the molecule is Cc1ccc(OC2(C(=O)O)CCN(C(=O)Cc3nonc3C)CC2)cc1. The van der Waals surface area contributed by atoms with Gasteiger partial charge in [-0.3, -0.25) is 4.79 Å². The number of carboxylic acid groups (broad SMARTS) is 1. The molecule has 26 heavy (non-hydrogen) atoms. The number of hydrogen-bond donors (Lipinski definition) is 1. The van der Waals surface area contributed by atoms with Gasteiger partial charge in [-0.1, -0.05) is 28.0 Å². The topological polar surface area (TPSA) is 106 Å². The fourth-order valence-electron chi connectivity index (χ4n) is 2.97. The predicted octanol–water partition coefficient (Wildman–Crippen LogP) is 1.75. The number of piperidine rings is 1. The summed E-state index contributed by atoms with van der Waals surface area (Å²) in [4.78, 5) is 25.9. The molecule has 0 saturated carbocycles. The lowest BCUT2D eigenvalue weighted by atomic mass is 9.90. The molecule has 1 aromatic carbocycles. The second kappa shape index (κ2) is 7.15. The third-order valence-electron chi connectivity index (χ3n) is 4.71. The standard InChI is InChI=1S/C18H21N3O5/c1-12-3-5-14(6-4-12)25-18(17(23)24)7-9-21(10-8-18)16(22)11-15-13(2)19-26-20-15/h3-6H,7-11H2,1-2H3,(H,23,24). The second-order valence-electron chi connectivity index (χ2n) is 6.57. The number of amides is 1. The lowest BCUT2D eigenvalue weighted by Gasteiger charge is -2.38. The number of aliphatic carboxylic acids is 1. The third kappa shape index (κ3) is 3.68. The number of aryl methyl sites for hydroxylation is 2. The first-order chi connectivity index (χ1) is 12.4. The van der Waals surface area contributed by atoms with Crippen LogP contribution in [0.5, 0.6) is 5.75 Å². The van der Waals surface area contributed by atoms with E-state index >= 15 is 0 Å². The Hall–Kier alpha value is -2.90. The highest BCUT2D eigenvalue weighted by atomic mass is 16.6. The van der Waals surface area contributed by atoms with Gasteiger partial charge < -0.3 is 14.7 Å². The van der Waals surface area contributed by atoms with Gasteiger partial charge in [0.1, 0.15) is 17.1 Å². The largest absolute Gasteiger partial charge is 0.478 e. The molecule has 8 heteroatoms. The van der Waals surface area contributed by atoms with Gasteiger partial charge in [0.2, 0.25) is 11.5 Å². The summed E-state index contributed by atoms with van der Waals surface area (Å²) in [6.07, 6.45) is 0.532. The van der Waals surface area contributed by atoms with Crippen molar-refractivity contribution in [1.29, 1.82) is 0 Å². The fourth-order valence-corrected chi connectivity index (χ4v) is 2.97. The molecule has 8 nitrogen and oxygen atoms in total. The van der Waals surface area contributed by atoms with Gasteiger partial charge in [-0.05, 0) is 26.0 Å². The molecular weight excluding hydrogens is 338 g/mol. The van der Waals surface area contributed by atoms with Crippen LogP contribution in [-0.2, 0) is 16.0 Å². The van der Waals surface area contributed by atoms with Crippen molar-refractivity contribution in [2.24, 2.45) is 0 Å². The van der Waals surface area contributed by atoms with Crippen LogP contribution in [0, 0.1) is 13.8 Å². The van der Waals surface area contributed by atoms with Crippen LogP contribution >= 0.6 is 0 Å². The molecule has 0 bridgehead atoms. The van der Waals surface area contributed by atoms with E-state index < -0.39 is 11.6 Å². The summed E-state index contributed by atoms with van der Waals surface area (Å²) in [7, 11) is 0. The maximum absolute atomic E-state index is 12.4. The van der Waals surface area contributed by atoms with Gasteiger partial charge in [0, 0.05) is 25.9 Å². The van der Waals surface area contributed by atoms with Gasteiger partial charge in [-0.25, -0.2) is 9.42 Å². The maximum atomic E-state index is 12.4. The molecule has 2 heterocycles. The minimum absolute atomic E-state index is 0.0915. The van der Waals surface area contributed by atoms with E-state index in [0.717, 1.165) is 5.56 Å². The number of likely N-dealkylation sites (tertiary alicyclic amines) is 1. The quantitative estimate of drug-likeness (QED) is 0.867. The summed E-state index contributed by atoms with van der Waals surface area (Å²) in [6.45, 7) is 4.29. The number of rotatable bonds is 5. The van der Waals surface area contributed by atoms with Crippen molar-refractivity contribution in [3.8, 4) is 5.75 Å². The van der Waals surface area contributed by atoms with E-state index in [4.69, 9.17) is 4.74 Å². The van der Waals surface area contributed by atoms with E-state index in [1.54, 1.807) is 24.0 Å². The minimum atomic E-state index is -1.32. The Morgan fingerprint density at radius 2 is 1.85 bits per heavy atom. The smallest absolute Gasteiger partial charge is 0.348 e. The zero-order chi connectivity index (χ0) is 18.7. The Morgan fingerprint density at radius 3 is 2.38 bits per heavy atom. The highest BCUT2D eigenvalue weighted by Crippen LogP contribution is 2.30. The normalized spacial score (nSPS) is 16.3. The van der Waals surface area contributed by atoms with Crippen LogP contribution in [0.15, 0.2) is 28.9 Å². The van der Waals surface area contributed by atoms with E-state index in [1.807, 2.05) is 19.1 Å². The molecule has 1 amide bonds. The Morgan fingerprint density at radius 1 is 1.19 bits per heavy atom. The first kappa shape index (κ1) is 17.9. The second-order valence-corrected chi connectivity index (χ2v) is 6.57. The number of aromatic nitrogens is 2. The van der Waals surface area contributed by atoms with E-state index in [1.165, 1.54) is 0 Å². The molecule has 0 atom stereocenters. The van der Waals surface area contributed by atoms with Crippen molar-refractivity contribution in [2.75, 3.05) is 13.1 Å². The molecular formula is C18H21N3O5. The van der Waals surface area contributed by atoms with Gasteiger partial charge in [0.25, 0.3) is 0 Å². The van der Waals surface area contributed by atoms with Crippen LogP contribution in [0.25, 0.3) is 0 Å². The predicted molar refractivity (Wildman–Crippen MR) is 90.7 cm³/mol. The first-order valence-electron chi connectivity index (χ1n) is 8.44. The summed E-state index contributed by atoms with van der Waals surface area (Å²) >= 11 is 0. The van der Waals surface area contributed by atoms with Gasteiger partial charge in [0.05, 0.1) is 6.42 Å². The number of carboxylic acids is 1. The van der Waals surface area contributed by atoms with Crippen LogP contribution in [0.1, 0.15) is 29.8 Å². The third-order valence-corrected chi connectivity index (χ3v) is 4.71. The number of carbonyl (C=O) groups excluding carboxylic acids is 1. The van der Waals surface area contributed by atoms with Gasteiger partial charge in [-0.15, -0.1) is 0 Å². The van der Waals surface area contributed by atoms with Crippen LogP contribution in [-0.4, -0.2) is 50.9 Å². The Bertz CT molecular complexity index is 791. The molecule has 138 valence electrons. The van der Waals surface area contributed by atoms with Gasteiger partial charge in [-0.2, -0.15) is 0 Å². The zero-order valence-corrected chi connectivity index (χ0v) is 14.8. The van der Waals surface area contributed by atoms with Gasteiger partial charge >= 0.3 is 5.97 Å². The molecule has 1 aliphatic rings. The van der Waals surface area contributed by atoms with Gasteiger partial charge in [0.15, 0.2) is 0 Å². The van der Waals surface area contributed by atoms with Crippen molar-refractivity contribution in [1.82, 2.24) is 15.2 Å².